The van der Waals surface area contributed by atoms with Gasteiger partial charge in [0.15, 0.2) is 5.78 Å². The van der Waals surface area contributed by atoms with E-state index in [9.17, 15) is 18.0 Å². The van der Waals surface area contributed by atoms with E-state index in [0.29, 0.717) is 21.9 Å². The number of carbonyl (C=O) groups is 1. The summed E-state index contributed by atoms with van der Waals surface area (Å²) in [5, 5.41) is 1.25. The molecule has 0 fully saturated rings. The van der Waals surface area contributed by atoms with E-state index in [0.717, 1.165) is 79.0 Å². The highest BCUT2D eigenvalue weighted by molar-refractivity contribution is 7.91. The van der Waals surface area contributed by atoms with E-state index in [1.165, 1.54) is 55.6 Å². The number of nitrogens with zero attached hydrogens (tertiary/aromatic N) is 3. The molecule has 542 valence electrons. The Labute approximate surface area is 653 Å². The summed E-state index contributed by atoms with van der Waals surface area (Å²) in [5.41, 5.74) is 27.4. The number of para-hydroxylation sites is 8. The minimum atomic E-state index is -3.75. The smallest absolute Gasteiger partial charge is 0.206 e. The maximum atomic E-state index is 13.9. The minimum absolute atomic E-state index is 0.0222. The van der Waals surface area contributed by atoms with E-state index in [-0.39, 0.29) is 43.2 Å². The van der Waals surface area contributed by atoms with E-state index < -0.39 is 15.3 Å². The van der Waals surface area contributed by atoms with Crippen LogP contribution in [0.1, 0.15) is 136 Å². The van der Waals surface area contributed by atoms with Gasteiger partial charge in [-0.3, -0.25) is 9.59 Å². The normalized spacial score (nSPS) is 15.2. The lowest BCUT2D eigenvalue weighted by Crippen LogP contribution is -2.42. The second-order valence-corrected chi connectivity index (χ2v) is 33.2. The monoisotopic (exact) mass is 1470 g/mol. The van der Waals surface area contributed by atoms with Gasteiger partial charge in [-0.2, -0.15) is 0 Å². The van der Waals surface area contributed by atoms with Gasteiger partial charge >= 0.3 is 0 Å². The van der Waals surface area contributed by atoms with Crippen LogP contribution in [0.15, 0.2) is 383 Å². The Kier molecular flexibility index (Phi) is 16.4. The van der Waals surface area contributed by atoms with Crippen LogP contribution in [0.4, 0.5) is 51.2 Å². The van der Waals surface area contributed by atoms with Crippen molar-refractivity contribution in [1.29, 1.82) is 0 Å². The average molecular weight is 1470 g/mol. The fraction of sp³-hybridized carbons (Fsp3) is 0.107. The molecule has 112 heavy (non-hydrogen) atoms. The van der Waals surface area contributed by atoms with E-state index in [1.807, 2.05) is 84.9 Å². The Hall–Kier alpha value is -13.2. The summed E-state index contributed by atoms with van der Waals surface area (Å²) in [6.45, 7) is 13.6. The first kappa shape index (κ1) is 69.3. The second kappa shape index (κ2) is 26.5. The molecule has 0 saturated carbocycles. The number of hydrogen-bond acceptors (Lipinski definition) is 8. The van der Waals surface area contributed by atoms with Crippen LogP contribution in [0.5, 0.6) is 0 Å². The van der Waals surface area contributed by atoms with Gasteiger partial charge in [-0.05, 0) is 194 Å². The first-order chi connectivity index (χ1) is 54.5. The molecule has 15 aromatic carbocycles. The average Bonchev–Trinajstić information content (AvgIpc) is 0.677. The minimum Gasteiger partial charge on any atom is -0.456 e. The number of sulfone groups is 1. The fourth-order valence-corrected chi connectivity index (χ4v) is 20.1. The molecule has 0 saturated heterocycles. The van der Waals surface area contributed by atoms with Crippen LogP contribution in [0.2, 0.25) is 0 Å². The lowest BCUT2D eigenvalue weighted by atomic mass is 9.57. The molecule has 0 amide bonds. The van der Waals surface area contributed by atoms with Crippen molar-refractivity contribution in [1.82, 2.24) is 0 Å². The van der Waals surface area contributed by atoms with Crippen LogP contribution in [-0.4, -0.2) is 14.2 Å². The Morgan fingerprint density at radius 3 is 1.03 bits per heavy atom. The zero-order chi connectivity index (χ0) is 76.4. The lowest BCUT2D eigenvalue weighted by molar-refractivity contribution is 0.103. The third-order valence-corrected chi connectivity index (χ3v) is 26.0. The molecule has 4 heterocycles. The molecule has 0 radical (unpaired) electrons. The van der Waals surface area contributed by atoms with Gasteiger partial charge in [0.25, 0.3) is 0 Å². The highest BCUT2D eigenvalue weighted by atomic mass is 32.2. The van der Waals surface area contributed by atoms with Gasteiger partial charge < -0.3 is 19.1 Å². The van der Waals surface area contributed by atoms with Gasteiger partial charge in [0.1, 0.15) is 11.2 Å². The zero-order valence-electron chi connectivity index (χ0n) is 63.0. The Bertz CT molecular complexity index is 6250. The topological polar surface area (TPSA) is 91.1 Å². The van der Waals surface area contributed by atoms with Crippen molar-refractivity contribution in [3.8, 4) is 0 Å². The highest BCUT2D eigenvalue weighted by Gasteiger charge is 2.52. The number of rotatable bonds is 6. The first-order valence-electron chi connectivity index (χ1n) is 38.3. The second-order valence-electron chi connectivity index (χ2n) is 31.3. The van der Waals surface area contributed by atoms with Crippen molar-refractivity contribution in [2.75, 3.05) is 14.7 Å². The molecular formula is C103H79N3O5S. The molecule has 0 unspecified atom stereocenters. The van der Waals surface area contributed by atoms with E-state index >= 15 is 0 Å². The SMILES string of the molecule is CC1(C)c2ccccc2C(c2ccc3c(=O)c4ccccc4oc3c2)c2ccccc21.CC1(C)c2ccccc2N(c2ccc(S(=O)(=O)c3ccc(N4c5ccccc5C(C)(C)c5ccccc54)cc3)cc2)c2ccccc21.O=C1c2ccccc2C2(c3ccccc31)c1ccccc1N(c1ccccc1)c1ccccc12. The number of anilines is 9. The molecule has 3 aliphatic heterocycles. The molecule has 1 aromatic heterocycles. The fourth-order valence-electron chi connectivity index (χ4n) is 18.9. The van der Waals surface area contributed by atoms with E-state index in [2.05, 4.69) is 311 Å². The summed E-state index contributed by atoms with van der Waals surface area (Å²) in [4.78, 5) is 34.0. The van der Waals surface area contributed by atoms with Gasteiger partial charge in [0.05, 0.1) is 60.1 Å². The lowest BCUT2D eigenvalue weighted by Gasteiger charge is -2.48. The number of ketones is 1. The molecule has 0 atom stereocenters. The summed E-state index contributed by atoms with van der Waals surface area (Å²) in [5.74, 6) is 0.193. The molecule has 21 rings (SSSR count). The summed E-state index contributed by atoms with van der Waals surface area (Å²) in [7, 11) is -3.75. The molecule has 9 heteroatoms. The Morgan fingerprint density at radius 2 is 0.598 bits per heavy atom. The first-order valence-corrected chi connectivity index (χ1v) is 39.8. The molecule has 16 aromatic rings. The maximum Gasteiger partial charge on any atom is 0.206 e. The summed E-state index contributed by atoms with van der Waals surface area (Å²) in [6, 6.07) is 123. The van der Waals surface area contributed by atoms with Crippen molar-refractivity contribution in [2.45, 2.75) is 78.9 Å². The van der Waals surface area contributed by atoms with Gasteiger partial charge in [-0.25, -0.2) is 8.42 Å². The van der Waals surface area contributed by atoms with Crippen LogP contribution in [0.25, 0.3) is 21.9 Å². The number of fused-ring (bicyclic) bond motifs is 16. The van der Waals surface area contributed by atoms with Crippen LogP contribution in [-0.2, 0) is 31.5 Å². The van der Waals surface area contributed by atoms with Crippen LogP contribution >= 0.6 is 0 Å². The molecule has 8 nitrogen and oxygen atoms in total. The van der Waals surface area contributed by atoms with Crippen molar-refractivity contribution < 1.29 is 17.6 Å². The summed E-state index contributed by atoms with van der Waals surface area (Å²) < 4.78 is 34.1. The predicted octanol–water partition coefficient (Wildman–Crippen LogP) is 24.9. The van der Waals surface area contributed by atoms with Gasteiger partial charge in [-0.1, -0.05) is 284 Å². The summed E-state index contributed by atoms with van der Waals surface area (Å²) >= 11 is 0. The Morgan fingerprint density at radius 1 is 0.286 bits per heavy atom. The summed E-state index contributed by atoms with van der Waals surface area (Å²) in [6.07, 6.45) is 0. The Balaban J connectivity index is 0.000000116. The molecular weight excluding hydrogens is 1390 g/mol. The van der Waals surface area contributed by atoms with Crippen LogP contribution in [0.3, 0.4) is 0 Å². The van der Waals surface area contributed by atoms with Crippen molar-refractivity contribution >= 4 is 88.7 Å². The largest absolute Gasteiger partial charge is 0.456 e. The van der Waals surface area contributed by atoms with Crippen molar-refractivity contribution in [3.63, 3.8) is 0 Å². The van der Waals surface area contributed by atoms with Gasteiger partial charge in [0.2, 0.25) is 15.3 Å². The van der Waals surface area contributed by atoms with E-state index in [1.54, 1.807) is 24.3 Å². The van der Waals surface area contributed by atoms with Crippen molar-refractivity contribution in [2.24, 2.45) is 0 Å². The third-order valence-electron chi connectivity index (χ3n) is 24.2. The number of hydrogen-bond donors (Lipinski definition) is 0. The predicted molar refractivity (Wildman–Crippen MR) is 454 cm³/mol. The number of benzene rings is 15. The molecule has 0 N–H and O–H groups in total. The van der Waals surface area contributed by atoms with Crippen LogP contribution in [0, 0.1) is 0 Å². The number of carbonyl (C=O) groups excluding carboxylic acids is 1. The standard InChI is InChI=1S/C42H36N2O2S.C32H21NO.C29H22O2/c1-41(2)33-13-5-9-17-37(33)43(38-18-10-6-14-34(38)41)29-21-25-31(26-22-29)47(45,46)32-27-23-30(24-28-32)44-39-19-11-7-15-35(39)42(3,4)36-16-8-12-20-40(36)44;34-31-23-14-4-6-16-25(23)32(26-17-7-5-15-24(26)31)27-18-8-10-20-29(27)33(22-12-2-1-3-13-22)30-21-11-9-19-28(30)32;1-29(2)23-12-6-3-9-19(23)27(20-10-4-7-13-24(20)29)18-15-16-22-26(17-18)31-25-14-8-5-11-21(25)28(22)30/h5-28H,1-4H3;1-21H;3-17,27H,1-2H3. The van der Waals surface area contributed by atoms with Gasteiger partial charge in [-0.15, -0.1) is 0 Å². The van der Waals surface area contributed by atoms with Gasteiger partial charge in [0, 0.05) is 50.4 Å². The van der Waals surface area contributed by atoms with E-state index in [4.69, 9.17) is 4.42 Å². The maximum absolute atomic E-state index is 13.9. The highest BCUT2D eigenvalue weighted by Crippen LogP contribution is 2.61. The molecule has 5 aliphatic rings. The van der Waals surface area contributed by atoms with Crippen molar-refractivity contribution in [3.05, 3.63) is 458 Å². The molecule has 0 bridgehead atoms. The third kappa shape index (κ3) is 10.6. The zero-order valence-corrected chi connectivity index (χ0v) is 63.8. The molecule has 2 aliphatic carbocycles. The quantitative estimate of drug-likeness (QED) is 0.152. The van der Waals surface area contributed by atoms with Crippen LogP contribution < -0.4 is 20.1 Å². The molecule has 1 spiro atoms.